The van der Waals surface area contributed by atoms with Crippen molar-refractivity contribution in [3.8, 4) is 0 Å². The summed E-state index contributed by atoms with van der Waals surface area (Å²) >= 11 is 0. The highest BCUT2D eigenvalue weighted by molar-refractivity contribution is 7.89. The van der Waals surface area contributed by atoms with E-state index in [-0.39, 0.29) is 24.5 Å². The number of benzene rings is 1. The average molecular weight is 336 g/mol. The van der Waals surface area contributed by atoms with Crippen LogP contribution in [0.5, 0.6) is 0 Å². The number of carbonyl (C=O) groups is 1. The van der Waals surface area contributed by atoms with Crippen molar-refractivity contribution in [2.24, 2.45) is 0 Å². The highest BCUT2D eigenvalue weighted by Gasteiger charge is 2.46. The van der Waals surface area contributed by atoms with Crippen LogP contribution in [0.25, 0.3) is 10.9 Å². The van der Waals surface area contributed by atoms with Gasteiger partial charge in [0.05, 0.1) is 12.1 Å². The molecule has 7 nitrogen and oxygen atoms in total. The normalized spacial score (nSPS) is 21.6. The minimum atomic E-state index is -4.07. The highest BCUT2D eigenvalue weighted by Crippen LogP contribution is 2.27. The lowest BCUT2D eigenvalue weighted by atomic mass is 10.0. The number of pyridine rings is 1. The molecule has 0 amide bonds. The Morgan fingerprint density at radius 2 is 2.22 bits per heavy atom. The molecule has 23 heavy (non-hydrogen) atoms. The Labute approximate surface area is 133 Å². The van der Waals surface area contributed by atoms with Gasteiger partial charge >= 0.3 is 5.97 Å². The minimum Gasteiger partial charge on any atom is -0.480 e. The van der Waals surface area contributed by atoms with Crippen LogP contribution in [-0.2, 0) is 19.6 Å². The standard InChI is InChI=1S/C15H16N2O5S/c1-10-7-11-3-2-5-16-13(11)12(8-10)23(20,21)17-15(14(18)19)4-6-22-9-15/h2-3,5,7-8,17H,4,6,9H2,1H3,(H,18,19). The lowest BCUT2D eigenvalue weighted by Crippen LogP contribution is -2.55. The lowest BCUT2D eigenvalue weighted by Gasteiger charge is -2.23. The fourth-order valence-electron chi connectivity index (χ4n) is 2.68. The topological polar surface area (TPSA) is 106 Å². The molecular formula is C15H16N2O5S. The van der Waals surface area contributed by atoms with Crippen LogP contribution in [0, 0.1) is 6.92 Å². The Morgan fingerprint density at radius 1 is 1.43 bits per heavy atom. The molecule has 1 unspecified atom stereocenters. The molecular weight excluding hydrogens is 320 g/mol. The number of ether oxygens (including phenoxy) is 1. The van der Waals surface area contributed by atoms with E-state index < -0.39 is 21.5 Å². The zero-order chi connectivity index (χ0) is 16.7. The number of hydrogen-bond donors (Lipinski definition) is 2. The number of rotatable bonds is 4. The van der Waals surface area contributed by atoms with Gasteiger partial charge in [0, 0.05) is 24.6 Å². The molecule has 1 aliphatic rings. The summed E-state index contributed by atoms with van der Waals surface area (Å²) in [4.78, 5) is 15.6. The molecule has 3 rings (SSSR count). The molecule has 8 heteroatoms. The van der Waals surface area contributed by atoms with Crippen molar-refractivity contribution >= 4 is 26.9 Å². The zero-order valence-electron chi connectivity index (χ0n) is 12.4. The van der Waals surface area contributed by atoms with Gasteiger partial charge in [-0.1, -0.05) is 6.07 Å². The van der Waals surface area contributed by atoms with E-state index in [1.807, 2.05) is 6.07 Å². The zero-order valence-corrected chi connectivity index (χ0v) is 13.3. The number of nitrogens with one attached hydrogen (secondary N) is 1. The number of carboxylic acid groups (broad SMARTS) is 1. The Balaban J connectivity index is 2.12. The molecule has 2 heterocycles. The molecule has 0 saturated carbocycles. The number of aryl methyl sites for hydroxylation is 1. The number of carboxylic acids is 1. The fraction of sp³-hybridized carbons (Fsp3) is 0.333. The lowest BCUT2D eigenvalue weighted by molar-refractivity contribution is -0.144. The van der Waals surface area contributed by atoms with Gasteiger partial charge in [-0.15, -0.1) is 0 Å². The quantitative estimate of drug-likeness (QED) is 0.865. The second kappa shape index (κ2) is 5.55. The van der Waals surface area contributed by atoms with Gasteiger partial charge in [-0.25, -0.2) is 8.42 Å². The summed E-state index contributed by atoms with van der Waals surface area (Å²) in [6.45, 7) is 1.78. The third-order valence-electron chi connectivity index (χ3n) is 3.86. The summed E-state index contributed by atoms with van der Waals surface area (Å²) in [7, 11) is -4.07. The molecule has 1 aromatic heterocycles. The van der Waals surface area contributed by atoms with Crippen molar-refractivity contribution in [2.45, 2.75) is 23.8 Å². The monoisotopic (exact) mass is 336 g/mol. The summed E-state index contributed by atoms with van der Waals surface area (Å²) in [5, 5.41) is 10.1. The molecule has 0 aliphatic carbocycles. The predicted octanol–water partition coefficient (Wildman–Crippen LogP) is 1.07. The first-order valence-electron chi connectivity index (χ1n) is 7.05. The van der Waals surface area contributed by atoms with E-state index >= 15 is 0 Å². The van der Waals surface area contributed by atoms with Crippen LogP contribution in [0.4, 0.5) is 0 Å². The molecule has 1 aromatic carbocycles. The van der Waals surface area contributed by atoms with Crippen molar-refractivity contribution in [1.29, 1.82) is 0 Å². The number of fused-ring (bicyclic) bond motifs is 1. The van der Waals surface area contributed by atoms with Crippen LogP contribution < -0.4 is 4.72 Å². The van der Waals surface area contributed by atoms with Gasteiger partial charge in [0.25, 0.3) is 0 Å². The Morgan fingerprint density at radius 3 is 2.87 bits per heavy atom. The van der Waals surface area contributed by atoms with Gasteiger partial charge in [-0.05, 0) is 30.7 Å². The van der Waals surface area contributed by atoms with Crippen LogP contribution in [-0.4, -0.2) is 43.2 Å². The fourth-order valence-corrected chi connectivity index (χ4v) is 4.32. The second-order valence-electron chi connectivity index (χ2n) is 5.63. The highest BCUT2D eigenvalue weighted by atomic mass is 32.2. The van der Waals surface area contributed by atoms with Gasteiger partial charge < -0.3 is 9.84 Å². The molecule has 1 saturated heterocycles. The number of aromatic nitrogens is 1. The molecule has 0 radical (unpaired) electrons. The first-order valence-corrected chi connectivity index (χ1v) is 8.53. The summed E-state index contributed by atoms with van der Waals surface area (Å²) in [6, 6.07) is 6.80. The number of hydrogen-bond acceptors (Lipinski definition) is 5. The van der Waals surface area contributed by atoms with Crippen LogP contribution in [0.2, 0.25) is 0 Å². The van der Waals surface area contributed by atoms with Gasteiger partial charge in [0.15, 0.2) is 5.54 Å². The average Bonchev–Trinajstić information content (AvgIpc) is 2.95. The second-order valence-corrected chi connectivity index (χ2v) is 7.28. The van der Waals surface area contributed by atoms with Crippen molar-refractivity contribution in [3.05, 3.63) is 36.0 Å². The van der Waals surface area contributed by atoms with Crippen molar-refractivity contribution in [3.63, 3.8) is 0 Å². The number of sulfonamides is 1. The summed E-state index contributed by atoms with van der Waals surface area (Å²) in [5.74, 6) is -1.25. The molecule has 0 spiro atoms. The summed E-state index contributed by atoms with van der Waals surface area (Å²) in [6.07, 6.45) is 1.58. The van der Waals surface area contributed by atoms with Gasteiger partial charge in [0.1, 0.15) is 4.90 Å². The predicted molar refractivity (Wildman–Crippen MR) is 82.6 cm³/mol. The largest absolute Gasteiger partial charge is 0.480 e. The third-order valence-corrected chi connectivity index (χ3v) is 5.41. The SMILES string of the molecule is Cc1cc(S(=O)(=O)NC2(C(=O)O)CCOC2)c2ncccc2c1. The molecule has 2 aromatic rings. The van der Waals surface area contributed by atoms with Crippen molar-refractivity contribution in [2.75, 3.05) is 13.2 Å². The van der Waals surface area contributed by atoms with E-state index in [1.165, 1.54) is 12.3 Å². The molecule has 1 fully saturated rings. The maximum Gasteiger partial charge on any atom is 0.327 e. The van der Waals surface area contributed by atoms with E-state index in [1.54, 1.807) is 19.1 Å². The molecule has 2 N–H and O–H groups in total. The number of aliphatic carboxylic acids is 1. The van der Waals surface area contributed by atoms with E-state index in [4.69, 9.17) is 4.74 Å². The van der Waals surface area contributed by atoms with Crippen LogP contribution in [0.1, 0.15) is 12.0 Å². The van der Waals surface area contributed by atoms with E-state index in [0.29, 0.717) is 10.9 Å². The number of nitrogens with zero attached hydrogens (tertiary/aromatic N) is 1. The smallest absolute Gasteiger partial charge is 0.327 e. The minimum absolute atomic E-state index is 0.0272. The molecule has 122 valence electrons. The Kier molecular flexibility index (Phi) is 3.83. The molecule has 0 bridgehead atoms. The van der Waals surface area contributed by atoms with E-state index in [2.05, 4.69) is 9.71 Å². The summed E-state index contributed by atoms with van der Waals surface area (Å²) in [5.41, 5.74) is -0.577. The molecule has 1 atom stereocenters. The van der Waals surface area contributed by atoms with E-state index in [0.717, 1.165) is 5.56 Å². The Bertz CT molecular complexity index is 873. The third kappa shape index (κ3) is 2.80. The summed E-state index contributed by atoms with van der Waals surface area (Å²) < 4.78 is 33.0. The Hall–Kier alpha value is -2.03. The van der Waals surface area contributed by atoms with Crippen LogP contribution in [0.3, 0.4) is 0 Å². The van der Waals surface area contributed by atoms with E-state index in [9.17, 15) is 18.3 Å². The van der Waals surface area contributed by atoms with Crippen LogP contribution in [0.15, 0.2) is 35.4 Å². The first kappa shape index (κ1) is 15.9. The van der Waals surface area contributed by atoms with Gasteiger partial charge in [0.2, 0.25) is 10.0 Å². The van der Waals surface area contributed by atoms with Crippen molar-refractivity contribution in [1.82, 2.24) is 9.71 Å². The molecule has 1 aliphatic heterocycles. The van der Waals surface area contributed by atoms with Crippen LogP contribution >= 0.6 is 0 Å². The van der Waals surface area contributed by atoms with Gasteiger partial charge in [-0.2, -0.15) is 4.72 Å². The first-order chi connectivity index (χ1) is 10.8. The maximum atomic E-state index is 12.8. The van der Waals surface area contributed by atoms with Crippen molar-refractivity contribution < 1.29 is 23.1 Å². The van der Waals surface area contributed by atoms with Gasteiger partial charge in [-0.3, -0.25) is 9.78 Å². The maximum absolute atomic E-state index is 12.8.